The van der Waals surface area contributed by atoms with Crippen molar-refractivity contribution >= 4 is 45.5 Å². The number of pyridine rings is 1. The van der Waals surface area contributed by atoms with Crippen molar-refractivity contribution in [3.8, 4) is 0 Å². The Kier molecular flexibility index (Phi) is 5.38. The lowest BCUT2D eigenvalue weighted by Crippen LogP contribution is -2.14. The molecular weight excluding hydrogens is 402 g/mol. The minimum absolute atomic E-state index is 0.152. The molecule has 0 saturated carbocycles. The van der Waals surface area contributed by atoms with E-state index in [-0.39, 0.29) is 5.56 Å². The van der Waals surface area contributed by atoms with Gasteiger partial charge in [0.1, 0.15) is 5.65 Å². The van der Waals surface area contributed by atoms with Gasteiger partial charge in [0.25, 0.3) is 5.56 Å². The number of nitrogens with one attached hydrogen (secondary N) is 1. The third kappa shape index (κ3) is 4.47. The van der Waals surface area contributed by atoms with E-state index < -0.39 is 0 Å². The molecule has 0 spiro atoms. The van der Waals surface area contributed by atoms with Crippen molar-refractivity contribution in [2.75, 3.05) is 5.32 Å². The molecule has 0 fully saturated rings. The SMILES string of the molecule is O=c1cc(CSc2nnc(NCc3ccccc3)s2)nc2ccc(Cl)cn12. The highest BCUT2D eigenvalue weighted by Crippen LogP contribution is 2.28. The number of aromatic nitrogens is 4. The molecule has 4 rings (SSSR count). The number of thioether (sulfide) groups is 1. The quantitative estimate of drug-likeness (QED) is 0.478. The van der Waals surface area contributed by atoms with Crippen LogP contribution in [0.15, 0.2) is 63.9 Å². The zero-order valence-electron chi connectivity index (χ0n) is 14.0. The van der Waals surface area contributed by atoms with Gasteiger partial charge in [-0.1, -0.05) is 65.0 Å². The monoisotopic (exact) mass is 415 g/mol. The molecule has 0 bridgehead atoms. The van der Waals surface area contributed by atoms with Gasteiger partial charge in [-0.2, -0.15) is 0 Å². The molecule has 27 heavy (non-hydrogen) atoms. The fourth-order valence-corrected chi connectivity index (χ4v) is 4.25. The highest BCUT2D eigenvalue weighted by atomic mass is 35.5. The molecule has 0 atom stereocenters. The smallest absolute Gasteiger partial charge is 0.258 e. The predicted molar refractivity (Wildman–Crippen MR) is 110 cm³/mol. The molecule has 3 aromatic heterocycles. The van der Waals surface area contributed by atoms with Crippen LogP contribution < -0.4 is 10.9 Å². The van der Waals surface area contributed by atoms with Gasteiger partial charge in [-0.15, -0.1) is 10.2 Å². The van der Waals surface area contributed by atoms with Crippen LogP contribution in [-0.2, 0) is 12.3 Å². The summed E-state index contributed by atoms with van der Waals surface area (Å²) in [6, 6.07) is 15.1. The van der Waals surface area contributed by atoms with E-state index in [0.717, 1.165) is 9.47 Å². The van der Waals surface area contributed by atoms with Gasteiger partial charge in [0.15, 0.2) is 4.34 Å². The van der Waals surface area contributed by atoms with E-state index >= 15 is 0 Å². The summed E-state index contributed by atoms with van der Waals surface area (Å²) >= 11 is 8.91. The van der Waals surface area contributed by atoms with Gasteiger partial charge in [0.05, 0.1) is 10.7 Å². The summed E-state index contributed by atoms with van der Waals surface area (Å²) in [5.74, 6) is 0.543. The van der Waals surface area contributed by atoms with Crippen molar-refractivity contribution in [2.24, 2.45) is 0 Å². The van der Waals surface area contributed by atoms with Gasteiger partial charge >= 0.3 is 0 Å². The first-order valence-corrected chi connectivity index (χ1v) is 10.3. The first kappa shape index (κ1) is 18.0. The number of nitrogens with zero attached hydrogens (tertiary/aromatic N) is 4. The van der Waals surface area contributed by atoms with E-state index in [0.29, 0.717) is 28.7 Å². The lowest BCUT2D eigenvalue weighted by atomic mass is 10.2. The van der Waals surface area contributed by atoms with Crippen LogP contribution in [0, 0.1) is 0 Å². The van der Waals surface area contributed by atoms with Crippen LogP contribution in [0.25, 0.3) is 5.65 Å². The van der Waals surface area contributed by atoms with Gasteiger partial charge in [-0.3, -0.25) is 9.20 Å². The van der Waals surface area contributed by atoms with Gasteiger partial charge in [0.2, 0.25) is 5.13 Å². The Labute approximate surface area is 168 Å². The third-order valence-corrected chi connectivity index (χ3v) is 5.98. The van der Waals surface area contributed by atoms with Crippen LogP contribution in [0.2, 0.25) is 5.02 Å². The maximum Gasteiger partial charge on any atom is 0.258 e. The number of hydrogen-bond acceptors (Lipinski definition) is 7. The fourth-order valence-electron chi connectivity index (χ4n) is 2.45. The van der Waals surface area contributed by atoms with E-state index in [2.05, 4.69) is 32.6 Å². The molecule has 9 heteroatoms. The molecule has 6 nitrogen and oxygen atoms in total. The Morgan fingerprint density at radius 2 is 2.00 bits per heavy atom. The summed E-state index contributed by atoms with van der Waals surface area (Å²) in [6.07, 6.45) is 1.57. The number of halogens is 1. The summed E-state index contributed by atoms with van der Waals surface area (Å²) in [7, 11) is 0. The van der Waals surface area contributed by atoms with E-state index in [1.807, 2.05) is 18.2 Å². The zero-order chi connectivity index (χ0) is 18.6. The Morgan fingerprint density at radius 1 is 1.15 bits per heavy atom. The van der Waals surface area contributed by atoms with E-state index in [9.17, 15) is 4.79 Å². The molecule has 0 radical (unpaired) electrons. The topological polar surface area (TPSA) is 72.2 Å². The molecule has 1 N–H and O–H groups in total. The second kappa shape index (κ2) is 8.08. The summed E-state index contributed by atoms with van der Waals surface area (Å²) in [5, 5.41) is 12.9. The largest absolute Gasteiger partial charge is 0.356 e. The maximum absolute atomic E-state index is 12.2. The molecule has 0 saturated heterocycles. The molecule has 0 aliphatic heterocycles. The molecule has 3 heterocycles. The van der Waals surface area contributed by atoms with Crippen molar-refractivity contribution in [3.05, 3.63) is 81.4 Å². The van der Waals surface area contributed by atoms with Crippen LogP contribution in [0.5, 0.6) is 0 Å². The van der Waals surface area contributed by atoms with E-state index in [1.165, 1.54) is 39.1 Å². The molecule has 4 aromatic rings. The summed E-state index contributed by atoms with van der Waals surface area (Å²) in [6.45, 7) is 0.700. The lowest BCUT2D eigenvalue weighted by molar-refractivity contribution is 0.990. The minimum atomic E-state index is -0.152. The minimum Gasteiger partial charge on any atom is -0.356 e. The number of anilines is 1. The Morgan fingerprint density at radius 3 is 2.85 bits per heavy atom. The summed E-state index contributed by atoms with van der Waals surface area (Å²) in [4.78, 5) is 16.7. The highest BCUT2D eigenvalue weighted by molar-refractivity contribution is 8.00. The number of hydrogen-bond donors (Lipinski definition) is 1. The number of benzene rings is 1. The summed E-state index contributed by atoms with van der Waals surface area (Å²) in [5.41, 5.74) is 2.30. The molecule has 136 valence electrons. The van der Waals surface area contributed by atoms with Crippen LogP contribution in [-0.4, -0.2) is 19.6 Å². The van der Waals surface area contributed by atoms with Crippen LogP contribution in [0.4, 0.5) is 5.13 Å². The van der Waals surface area contributed by atoms with Crippen molar-refractivity contribution in [2.45, 2.75) is 16.6 Å². The zero-order valence-corrected chi connectivity index (χ0v) is 16.4. The average molecular weight is 416 g/mol. The first-order valence-electron chi connectivity index (χ1n) is 8.09. The molecule has 0 unspecified atom stereocenters. The number of rotatable bonds is 6. The standard InChI is InChI=1S/C18H14ClN5OS2/c19-13-6-7-15-21-14(8-16(25)24(15)10-13)11-26-18-23-22-17(27-18)20-9-12-4-2-1-3-5-12/h1-8,10H,9,11H2,(H,20,22). The van der Waals surface area contributed by atoms with Crippen molar-refractivity contribution < 1.29 is 0 Å². The van der Waals surface area contributed by atoms with E-state index in [4.69, 9.17) is 11.6 Å². The van der Waals surface area contributed by atoms with Gasteiger partial charge in [0, 0.05) is 24.6 Å². The second-order valence-electron chi connectivity index (χ2n) is 5.66. The summed E-state index contributed by atoms with van der Waals surface area (Å²) < 4.78 is 2.26. The molecule has 0 aliphatic rings. The van der Waals surface area contributed by atoms with Crippen LogP contribution in [0.3, 0.4) is 0 Å². The molecule has 1 aromatic carbocycles. The number of fused-ring (bicyclic) bond motifs is 1. The Hall–Kier alpha value is -2.42. The van der Waals surface area contributed by atoms with E-state index in [1.54, 1.807) is 18.3 Å². The lowest BCUT2D eigenvalue weighted by Gasteiger charge is -2.03. The Bertz CT molecular complexity index is 1130. The highest BCUT2D eigenvalue weighted by Gasteiger charge is 2.08. The maximum atomic E-state index is 12.2. The van der Waals surface area contributed by atoms with Crippen LogP contribution >= 0.6 is 34.7 Å². The second-order valence-corrected chi connectivity index (χ2v) is 8.30. The average Bonchev–Trinajstić information content (AvgIpc) is 3.14. The first-order chi connectivity index (χ1) is 13.2. The fraction of sp³-hybridized carbons (Fsp3) is 0.111. The van der Waals surface area contributed by atoms with Gasteiger partial charge in [-0.25, -0.2) is 4.98 Å². The van der Waals surface area contributed by atoms with Crippen molar-refractivity contribution in [3.63, 3.8) is 0 Å². The third-order valence-electron chi connectivity index (χ3n) is 3.71. The van der Waals surface area contributed by atoms with Crippen molar-refractivity contribution in [1.82, 2.24) is 19.6 Å². The normalized spacial score (nSPS) is 11.0. The van der Waals surface area contributed by atoms with Crippen LogP contribution in [0.1, 0.15) is 11.3 Å². The van der Waals surface area contributed by atoms with Gasteiger partial charge < -0.3 is 5.32 Å². The predicted octanol–water partition coefficient (Wildman–Crippen LogP) is 4.10. The molecular formula is C18H14ClN5OS2. The Balaban J connectivity index is 1.40. The van der Waals surface area contributed by atoms with Crippen molar-refractivity contribution in [1.29, 1.82) is 0 Å². The molecule has 0 amide bonds. The van der Waals surface area contributed by atoms with Gasteiger partial charge in [-0.05, 0) is 17.7 Å². The molecule has 0 aliphatic carbocycles.